The number of rotatable bonds is 4. The number of carboxylic acid groups (broad SMARTS) is 1. The molecule has 0 radical (unpaired) electrons. The van der Waals surface area contributed by atoms with E-state index >= 15 is 0 Å². The summed E-state index contributed by atoms with van der Waals surface area (Å²) in [7, 11) is -4.13. The molecule has 0 aliphatic heterocycles. The van der Waals surface area contributed by atoms with Crippen LogP contribution in [0.15, 0.2) is 41.6 Å². The molecule has 0 aliphatic rings. The molecular weight excluding hydrogens is 323 g/mol. The lowest BCUT2D eigenvalue weighted by Crippen LogP contribution is -2.14. The average Bonchev–Trinajstić information content (AvgIpc) is 2.41. The van der Waals surface area contributed by atoms with Crippen molar-refractivity contribution in [2.75, 3.05) is 4.72 Å². The molecule has 110 valence electrons. The normalized spacial score (nSPS) is 11.1. The van der Waals surface area contributed by atoms with Crippen molar-refractivity contribution in [3.63, 3.8) is 0 Å². The van der Waals surface area contributed by atoms with Crippen molar-refractivity contribution >= 4 is 33.3 Å². The molecule has 1 aromatic heterocycles. The third-order valence-electron chi connectivity index (χ3n) is 2.45. The summed E-state index contributed by atoms with van der Waals surface area (Å²) < 4.78 is 39.2. The van der Waals surface area contributed by atoms with Crippen molar-refractivity contribution in [3.05, 3.63) is 53.1 Å². The summed E-state index contributed by atoms with van der Waals surface area (Å²) >= 11 is 5.82. The van der Waals surface area contributed by atoms with Gasteiger partial charge in [0.15, 0.2) is 0 Å². The molecule has 0 fully saturated rings. The number of aromatic carboxylic acids is 1. The molecule has 0 spiro atoms. The van der Waals surface area contributed by atoms with E-state index in [0.717, 1.165) is 24.5 Å². The first-order valence-electron chi connectivity index (χ1n) is 5.46. The standard InChI is InChI=1S/C12H8ClFN2O4S/c13-10-2-1-7(12(17)18)3-11(10)16-21(19,20)9-4-8(14)5-15-6-9/h1-6,16H,(H,17,18). The van der Waals surface area contributed by atoms with E-state index in [-0.39, 0.29) is 16.3 Å². The van der Waals surface area contributed by atoms with Crippen molar-refractivity contribution in [1.29, 1.82) is 0 Å². The van der Waals surface area contributed by atoms with Crippen molar-refractivity contribution in [2.24, 2.45) is 0 Å². The number of carboxylic acids is 1. The van der Waals surface area contributed by atoms with Crippen LogP contribution in [0.25, 0.3) is 0 Å². The fourth-order valence-electron chi connectivity index (χ4n) is 1.48. The van der Waals surface area contributed by atoms with E-state index in [2.05, 4.69) is 9.71 Å². The Labute approximate surface area is 124 Å². The molecule has 2 aromatic rings. The summed E-state index contributed by atoms with van der Waals surface area (Å²) in [6.45, 7) is 0. The van der Waals surface area contributed by atoms with Gasteiger partial charge >= 0.3 is 5.97 Å². The van der Waals surface area contributed by atoms with E-state index in [9.17, 15) is 17.6 Å². The zero-order chi connectivity index (χ0) is 15.6. The van der Waals surface area contributed by atoms with Crippen LogP contribution in [0.3, 0.4) is 0 Å². The predicted molar refractivity (Wildman–Crippen MR) is 73.4 cm³/mol. The zero-order valence-corrected chi connectivity index (χ0v) is 11.8. The van der Waals surface area contributed by atoms with Gasteiger partial charge in [0.05, 0.1) is 22.5 Å². The Hall–Kier alpha value is -2.19. The van der Waals surface area contributed by atoms with Crippen LogP contribution in [0.1, 0.15) is 10.4 Å². The Morgan fingerprint density at radius 3 is 2.62 bits per heavy atom. The molecule has 2 N–H and O–H groups in total. The molecule has 2 rings (SSSR count). The van der Waals surface area contributed by atoms with Crippen molar-refractivity contribution in [2.45, 2.75) is 4.90 Å². The van der Waals surface area contributed by atoms with Crippen LogP contribution < -0.4 is 4.72 Å². The van der Waals surface area contributed by atoms with Gasteiger partial charge in [-0.2, -0.15) is 0 Å². The molecule has 9 heteroatoms. The Balaban J connectivity index is 2.41. The van der Waals surface area contributed by atoms with Crippen LogP contribution in [0.4, 0.5) is 10.1 Å². The second-order valence-electron chi connectivity index (χ2n) is 3.94. The number of anilines is 1. The largest absolute Gasteiger partial charge is 0.478 e. The SMILES string of the molecule is O=C(O)c1ccc(Cl)c(NS(=O)(=O)c2cncc(F)c2)c1. The summed E-state index contributed by atoms with van der Waals surface area (Å²) in [6, 6.07) is 4.32. The van der Waals surface area contributed by atoms with Crippen LogP contribution in [-0.4, -0.2) is 24.5 Å². The van der Waals surface area contributed by atoms with Gasteiger partial charge < -0.3 is 5.11 Å². The van der Waals surface area contributed by atoms with Gasteiger partial charge in [-0.05, 0) is 24.3 Å². The van der Waals surface area contributed by atoms with Gasteiger partial charge in [0.2, 0.25) is 0 Å². The van der Waals surface area contributed by atoms with E-state index in [1.54, 1.807) is 0 Å². The number of hydrogen-bond donors (Lipinski definition) is 2. The smallest absolute Gasteiger partial charge is 0.335 e. The summed E-state index contributed by atoms with van der Waals surface area (Å²) in [4.78, 5) is 13.9. The molecule has 1 heterocycles. The van der Waals surface area contributed by atoms with Crippen molar-refractivity contribution in [3.8, 4) is 0 Å². The highest BCUT2D eigenvalue weighted by Gasteiger charge is 2.18. The number of nitrogens with one attached hydrogen (secondary N) is 1. The van der Waals surface area contributed by atoms with Crippen LogP contribution in [-0.2, 0) is 10.0 Å². The summed E-state index contributed by atoms with van der Waals surface area (Å²) in [5.41, 5.74) is -0.268. The highest BCUT2D eigenvalue weighted by atomic mass is 35.5. The summed E-state index contributed by atoms with van der Waals surface area (Å²) in [5.74, 6) is -2.05. The fraction of sp³-hybridized carbons (Fsp3) is 0. The molecule has 6 nitrogen and oxygen atoms in total. The predicted octanol–water partition coefficient (Wildman–Crippen LogP) is 2.37. The van der Waals surface area contributed by atoms with Gasteiger partial charge in [0, 0.05) is 6.20 Å². The lowest BCUT2D eigenvalue weighted by atomic mass is 10.2. The monoisotopic (exact) mass is 330 g/mol. The first-order chi connectivity index (χ1) is 9.79. The lowest BCUT2D eigenvalue weighted by molar-refractivity contribution is 0.0697. The van der Waals surface area contributed by atoms with Crippen molar-refractivity contribution in [1.82, 2.24) is 4.98 Å². The van der Waals surface area contributed by atoms with Gasteiger partial charge in [-0.25, -0.2) is 17.6 Å². The van der Waals surface area contributed by atoms with Gasteiger partial charge in [0.25, 0.3) is 10.0 Å². The fourth-order valence-corrected chi connectivity index (χ4v) is 2.74. The van der Waals surface area contributed by atoms with E-state index in [4.69, 9.17) is 16.7 Å². The van der Waals surface area contributed by atoms with Crippen molar-refractivity contribution < 1.29 is 22.7 Å². The number of nitrogens with zero attached hydrogens (tertiary/aromatic N) is 1. The lowest BCUT2D eigenvalue weighted by Gasteiger charge is -2.10. The van der Waals surface area contributed by atoms with Gasteiger partial charge in [-0.1, -0.05) is 11.6 Å². The van der Waals surface area contributed by atoms with Crippen LogP contribution in [0.2, 0.25) is 5.02 Å². The molecule has 1 aromatic carbocycles. The molecule has 0 amide bonds. The quantitative estimate of drug-likeness (QED) is 0.897. The maximum atomic E-state index is 13.0. The van der Waals surface area contributed by atoms with Gasteiger partial charge in [-0.3, -0.25) is 9.71 Å². The first kappa shape index (κ1) is 15.2. The highest BCUT2D eigenvalue weighted by molar-refractivity contribution is 7.92. The number of sulfonamides is 1. The minimum Gasteiger partial charge on any atom is -0.478 e. The number of hydrogen-bond acceptors (Lipinski definition) is 4. The van der Waals surface area contributed by atoms with Gasteiger partial charge in [-0.15, -0.1) is 0 Å². The molecule has 0 saturated carbocycles. The maximum Gasteiger partial charge on any atom is 0.335 e. The minimum atomic E-state index is -4.13. The molecule has 0 aliphatic carbocycles. The van der Waals surface area contributed by atoms with E-state index in [0.29, 0.717) is 0 Å². The average molecular weight is 331 g/mol. The Morgan fingerprint density at radius 2 is 2.00 bits per heavy atom. The topological polar surface area (TPSA) is 96.4 Å². The molecule has 0 bridgehead atoms. The van der Waals surface area contributed by atoms with Crippen LogP contribution >= 0.6 is 11.6 Å². The molecule has 0 atom stereocenters. The zero-order valence-electron chi connectivity index (χ0n) is 10.2. The molecular formula is C12H8ClFN2O4S. The van der Waals surface area contributed by atoms with Crippen LogP contribution in [0.5, 0.6) is 0 Å². The Morgan fingerprint density at radius 1 is 1.29 bits per heavy atom. The van der Waals surface area contributed by atoms with Gasteiger partial charge in [0.1, 0.15) is 10.7 Å². The minimum absolute atomic E-state index is 0.00735. The number of aromatic nitrogens is 1. The summed E-state index contributed by atoms with van der Waals surface area (Å²) in [6.07, 6.45) is 1.82. The number of halogens is 2. The van der Waals surface area contributed by atoms with Crippen LogP contribution in [0, 0.1) is 5.82 Å². The number of carbonyl (C=O) groups is 1. The molecule has 0 saturated heterocycles. The van der Waals surface area contributed by atoms with E-state index < -0.39 is 26.7 Å². The second-order valence-corrected chi connectivity index (χ2v) is 6.03. The number of pyridine rings is 1. The first-order valence-corrected chi connectivity index (χ1v) is 7.32. The Kier molecular flexibility index (Phi) is 4.10. The second kappa shape index (κ2) is 5.66. The Bertz CT molecular complexity index is 811. The summed E-state index contributed by atoms with van der Waals surface area (Å²) in [5, 5.41) is 8.88. The highest BCUT2D eigenvalue weighted by Crippen LogP contribution is 2.26. The third kappa shape index (κ3) is 3.47. The maximum absolute atomic E-state index is 13.0. The number of benzene rings is 1. The van der Waals surface area contributed by atoms with E-state index in [1.807, 2.05) is 0 Å². The molecule has 21 heavy (non-hydrogen) atoms. The third-order valence-corrected chi connectivity index (χ3v) is 4.11. The molecule has 0 unspecified atom stereocenters. The van der Waals surface area contributed by atoms with E-state index in [1.165, 1.54) is 12.1 Å².